The lowest BCUT2D eigenvalue weighted by atomic mass is 9.51. The van der Waals surface area contributed by atoms with Gasteiger partial charge in [0.25, 0.3) is 0 Å². The molecule has 1 aromatic rings. The van der Waals surface area contributed by atoms with E-state index in [9.17, 15) is 9.90 Å². The normalized spacial score (nSPS) is 35.2. The number of rotatable bonds is 2. The Morgan fingerprint density at radius 3 is 2.70 bits per heavy atom. The van der Waals surface area contributed by atoms with E-state index in [4.69, 9.17) is 11.6 Å². The monoisotopic (exact) mass is 463 g/mol. The van der Waals surface area contributed by atoms with Gasteiger partial charge in [-0.1, -0.05) is 36.1 Å². The van der Waals surface area contributed by atoms with E-state index in [0.29, 0.717) is 18.3 Å². The fraction of sp³-hybridized carbons (Fsp3) is 0.552. The van der Waals surface area contributed by atoms with Crippen LogP contribution in [0.1, 0.15) is 70.3 Å². The van der Waals surface area contributed by atoms with Crippen molar-refractivity contribution in [1.29, 1.82) is 0 Å². The zero-order chi connectivity index (χ0) is 23.5. The molecule has 5 atom stereocenters. The summed E-state index contributed by atoms with van der Waals surface area (Å²) in [5, 5.41) is 12.5. The van der Waals surface area contributed by atoms with Gasteiger partial charge in [0, 0.05) is 31.8 Å². The maximum Gasteiger partial charge on any atom is 0.156 e. The summed E-state index contributed by atoms with van der Waals surface area (Å²) in [6.45, 7) is 4.11. The van der Waals surface area contributed by atoms with Crippen molar-refractivity contribution in [2.24, 2.45) is 17.3 Å². The molecule has 33 heavy (non-hydrogen) atoms. The molecule has 0 bridgehead atoms. The number of halogens is 1. The van der Waals surface area contributed by atoms with Crippen LogP contribution in [0.25, 0.3) is 0 Å². The molecule has 0 saturated heterocycles. The van der Waals surface area contributed by atoms with E-state index in [1.54, 1.807) is 0 Å². The highest BCUT2D eigenvalue weighted by atomic mass is 35.5. The molecule has 0 aromatic heterocycles. The number of aliphatic hydroxyl groups is 1. The molecule has 5 rings (SSSR count). The van der Waals surface area contributed by atoms with Crippen LogP contribution < -0.4 is 4.90 Å². The molecule has 0 aliphatic heterocycles. The van der Waals surface area contributed by atoms with Gasteiger partial charge in [0.2, 0.25) is 0 Å². The van der Waals surface area contributed by atoms with Crippen LogP contribution in [0.2, 0.25) is 5.02 Å². The molecule has 4 aliphatic carbocycles. The van der Waals surface area contributed by atoms with Gasteiger partial charge in [-0.3, -0.25) is 4.79 Å². The molecule has 2 saturated carbocycles. The van der Waals surface area contributed by atoms with E-state index in [1.807, 2.05) is 33.2 Å². The molecule has 0 unspecified atom stereocenters. The Morgan fingerprint density at radius 2 is 1.97 bits per heavy atom. The third kappa shape index (κ3) is 3.41. The lowest BCUT2D eigenvalue weighted by Gasteiger charge is -2.53. The Labute approximate surface area is 202 Å². The Bertz CT molecular complexity index is 1140. The third-order valence-electron chi connectivity index (χ3n) is 9.07. The smallest absolute Gasteiger partial charge is 0.156 e. The summed E-state index contributed by atoms with van der Waals surface area (Å²) in [7, 11) is 4.04. The van der Waals surface area contributed by atoms with E-state index >= 15 is 0 Å². The number of benzene rings is 1. The van der Waals surface area contributed by atoms with Crippen LogP contribution in [-0.2, 0) is 4.79 Å². The van der Waals surface area contributed by atoms with Crippen molar-refractivity contribution >= 4 is 23.1 Å². The zero-order valence-electron chi connectivity index (χ0n) is 20.2. The minimum Gasteiger partial charge on any atom is -0.377 e. The molecular formula is C29H34ClNO2. The number of anilines is 1. The van der Waals surface area contributed by atoms with Crippen LogP contribution in [0.4, 0.5) is 5.69 Å². The van der Waals surface area contributed by atoms with Crippen molar-refractivity contribution in [2.75, 3.05) is 19.0 Å². The van der Waals surface area contributed by atoms with E-state index in [0.717, 1.165) is 49.2 Å². The molecule has 2 fully saturated rings. The van der Waals surface area contributed by atoms with Crippen molar-refractivity contribution < 1.29 is 9.90 Å². The molecule has 1 aromatic carbocycles. The predicted molar refractivity (Wildman–Crippen MR) is 134 cm³/mol. The highest BCUT2D eigenvalue weighted by molar-refractivity contribution is 6.33. The van der Waals surface area contributed by atoms with Gasteiger partial charge in [-0.25, -0.2) is 0 Å². The molecule has 0 amide bonds. The molecule has 0 heterocycles. The highest BCUT2D eigenvalue weighted by Gasteiger charge is 2.62. The van der Waals surface area contributed by atoms with Gasteiger partial charge >= 0.3 is 0 Å². The number of carbonyl (C=O) groups is 1. The first-order chi connectivity index (χ1) is 15.7. The van der Waals surface area contributed by atoms with Gasteiger partial charge in [-0.15, -0.1) is 5.92 Å². The Kier molecular flexibility index (Phi) is 5.54. The zero-order valence-corrected chi connectivity index (χ0v) is 20.9. The van der Waals surface area contributed by atoms with Crippen molar-refractivity contribution in [3.05, 3.63) is 51.6 Å². The van der Waals surface area contributed by atoms with Crippen LogP contribution in [0.15, 0.2) is 41.0 Å². The maximum absolute atomic E-state index is 12.2. The number of hydrogen-bond donors (Lipinski definition) is 1. The number of ketones is 1. The second kappa shape index (κ2) is 8.03. The first-order valence-corrected chi connectivity index (χ1v) is 12.7. The van der Waals surface area contributed by atoms with Gasteiger partial charge in [-0.2, -0.15) is 0 Å². The summed E-state index contributed by atoms with van der Waals surface area (Å²) in [6, 6.07) is 6.41. The second-order valence-corrected chi connectivity index (χ2v) is 11.3. The number of nitrogens with zero attached hydrogens (tertiary/aromatic N) is 1. The SMILES string of the molecule is CC#C[C@]1(O)CC[C@H]2[C@@H]3CCC4=CC(=O)CCC4=C3[C@@H](c3ccc(Cl)c(N(C)C)c3)C[C@@]21C. The lowest BCUT2D eigenvalue weighted by molar-refractivity contribution is -0.114. The summed E-state index contributed by atoms with van der Waals surface area (Å²) in [6.07, 6.45) is 8.01. The lowest BCUT2D eigenvalue weighted by Crippen LogP contribution is -2.51. The number of fused-ring (bicyclic) bond motifs is 4. The van der Waals surface area contributed by atoms with Crippen LogP contribution in [0.5, 0.6) is 0 Å². The van der Waals surface area contributed by atoms with Gasteiger partial charge in [0.05, 0.1) is 10.7 Å². The van der Waals surface area contributed by atoms with Gasteiger partial charge < -0.3 is 10.0 Å². The largest absolute Gasteiger partial charge is 0.377 e. The average Bonchev–Trinajstić information content (AvgIpc) is 3.03. The minimum atomic E-state index is -0.948. The second-order valence-electron chi connectivity index (χ2n) is 10.9. The molecule has 0 radical (unpaired) electrons. The molecular weight excluding hydrogens is 430 g/mol. The van der Waals surface area contributed by atoms with Crippen molar-refractivity contribution in [1.82, 2.24) is 0 Å². The topological polar surface area (TPSA) is 40.5 Å². The minimum absolute atomic E-state index is 0.197. The number of hydrogen-bond acceptors (Lipinski definition) is 3. The summed E-state index contributed by atoms with van der Waals surface area (Å²) in [5.74, 6) is 7.58. The Balaban J connectivity index is 1.71. The highest BCUT2D eigenvalue weighted by Crippen LogP contribution is 2.66. The summed E-state index contributed by atoms with van der Waals surface area (Å²) in [4.78, 5) is 14.3. The molecule has 1 N–H and O–H groups in total. The standard InChI is InChI=1S/C29H34ClNO2/c1-5-13-29(33)14-12-24-22-9-6-18-15-20(32)8-10-21(18)27(22)23(17-28(24,29)2)19-7-11-25(30)26(16-19)31(3)4/h7,11,15-16,22-24,33H,6,8-10,12,14,17H2,1-4H3/t22-,23+,24-,28-,29-/m0/s1. The fourth-order valence-electron chi connectivity index (χ4n) is 7.47. The molecule has 4 aliphatic rings. The predicted octanol–water partition coefficient (Wildman–Crippen LogP) is 6.06. The van der Waals surface area contributed by atoms with E-state index < -0.39 is 5.60 Å². The quantitative estimate of drug-likeness (QED) is 0.542. The molecule has 3 nitrogen and oxygen atoms in total. The van der Waals surface area contributed by atoms with Crippen LogP contribution in [0, 0.1) is 29.1 Å². The third-order valence-corrected chi connectivity index (χ3v) is 9.39. The first kappa shape index (κ1) is 22.8. The van der Waals surface area contributed by atoms with E-state index in [-0.39, 0.29) is 17.1 Å². The fourth-order valence-corrected chi connectivity index (χ4v) is 7.75. The molecule has 174 valence electrons. The van der Waals surface area contributed by atoms with E-state index in [2.05, 4.69) is 35.8 Å². The van der Waals surface area contributed by atoms with Gasteiger partial charge in [-0.05, 0) is 92.2 Å². The molecule has 0 spiro atoms. The summed E-state index contributed by atoms with van der Waals surface area (Å²) in [5.41, 5.74) is 5.28. The summed E-state index contributed by atoms with van der Waals surface area (Å²) >= 11 is 6.54. The molecule has 4 heteroatoms. The van der Waals surface area contributed by atoms with Gasteiger partial charge in [0.1, 0.15) is 5.60 Å². The maximum atomic E-state index is 12.2. The van der Waals surface area contributed by atoms with E-state index in [1.165, 1.54) is 22.3 Å². The van der Waals surface area contributed by atoms with Gasteiger partial charge in [0.15, 0.2) is 5.78 Å². The van der Waals surface area contributed by atoms with Crippen molar-refractivity contribution in [3.8, 4) is 11.8 Å². The van der Waals surface area contributed by atoms with Crippen LogP contribution in [0.3, 0.4) is 0 Å². The Morgan fingerprint density at radius 1 is 1.18 bits per heavy atom. The summed E-state index contributed by atoms with van der Waals surface area (Å²) < 4.78 is 0. The average molecular weight is 464 g/mol. The van der Waals surface area contributed by atoms with Crippen LogP contribution in [-0.4, -0.2) is 30.6 Å². The van der Waals surface area contributed by atoms with Crippen molar-refractivity contribution in [2.45, 2.75) is 70.3 Å². The number of allylic oxidation sites excluding steroid dienone is 4. The first-order valence-electron chi connectivity index (χ1n) is 12.3. The van der Waals surface area contributed by atoms with Crippen LogP contribution >= 0.6 is 11.6 Å². The Hall–Kier alpha value is -2.02. The van der Waals surface area contributed by atoms with Crippen molar-refractivity contribution in [3.63, 3.8) is 0 Å². The number of carbonyl (C=O) groups excluding carboxylic acids is 1.